The first kappa shape index (κ1) is 20.1. The van der Waals surface area contributed by atoms with E-state index in [1.54, 1.807) is 10.9 Å². The van der Waals surface area contributed by atoms with Crippen molar-refractivity contribution in [2.45, 2.75) is 51.6 Å². The van der Waals surface area contributed by atoms with Gasteiger partial charge >= 0.3 is 0 Å². The molecule has 2 aliphatic rings. The highest BCUT2D eigenvalue weighted by Gasteiger charge is 2.23. The summed E-state index contributed by atoms with van der Waals surface area (Å²) in [6.45, 7) is 8.76. The van der Waals surface area contributed by atoms with Crippen LogP contribution in [0.4, 0.5) is 5.69 Å². The van der Waals surface area contributed by atoms with Crippen LogP contribution in [-0.2, 0) is 6.54 Å². The topological polar surface area (TPSA) is 67.2 Å². The van der Waals surface area contributed by atoms with Crippen LogP contribution in [-0.4, -0.2) is 50.6 Å². The summed E-state index contributed by atoms with van der Waals surface area (Å²) in [5, 5.41) is 0.685. The van der Waals surface area contributed by atoms with Gasteiger partial charge in [0, 0.05) is 56.6 Å². The molecule has 1 aliphatic heterocycles. The number of piperazine rings is 1. The summed E-state index contributed by atoms with van der Waals surface area (Å²) in [6, 6.07) is 8.19. The Kier molecular flexibility index (Phi) is 5.44. The van der Waals surface area contributed by atoms with E-state index < -0.39 is 0 Å². The van der Waals surface area contributed by atoms with Gasteiger partial charge in [0.05, 0.1) is 22.9 Å². The highest BCUT2D eigenvalue weighted by Crippen LogP contribution is 2.34. The number of rotatable bonds is 5. The van der Waals surface area contributed by atoms with E-state index in [9.17, 15) is 4.79 Å². The number of hydrogen-bond acceptors (Lipinski definition) is 6. The number of anilines is 1. The number of benzene rings is 1. The lowest BCUT2D eigenvalue weighted by atomic mass is 9.85. The Balaban J connectivity index is 1.24. The Bertz CT molecular complexity index is 1130. The van der Waals surface area contributed by atoms with Crippen molar-refractivity contribution < 1.29 is 0 Å². The summed E-state index contributed by atoms with van der Waals surface area (Å²) in [6.07, 6.45) is 7.35. The molecule has 2 aromatic heterocycles. The van der Waals surface area contributed by atoms with Gasteiger partial charge in [-0.25, -0.2) is 15.0 Å². The fraction of sp³-hybridized carbons (Fsp3) is 0.500. The molecule has 0 radical (unpaired) electrons. The van der Waals surface area contributed by atoms with Crippen LogP contribution in [0.1, 0.15) is 56.6 Å². The molecule has 1 saturated heterocycles. The average molecular weight is 419 g/mol. The molecule has 0 unspecified atom stereocenters. The van der Waals surface area contributed by atoms with Crippen LogP contribution in [0.25, 0.3) is 10.9 Å². The third kappa shape index (κ3) is 4.06. The molecule has 7 nitrogen and oxygen atoms in total. The van der Waals surface area contributed by atoms with Crippen molar-refractivity contribution in [1.29, 1.82) is 0 Å². The zero-order chi connectivity index (χ0) is 21.4. The van der Waals surface area contributed by atoms with Gasteiger partial charge in [-0.3, -0.25) is 14.3 Å². The van der Waals surface area contributed by atoms with E-state index in [1.807, 2.05) is 38.2 Å². The largest absolute Gasteiger partial charge is 0.369 e. The third-order valence-corrected chi connectivity index (χ3v) is 6.65. The number of hydrogen-bond donors (Lipinski definition) is 0. The highest BCUT2D eigenvalue weighted by molar-refractivity contribution is 5.81. The molecule has 1 saturated carbocycles. The molecule has 7 heteroatoms. The Morgan fingerprint density at radius 1 is 1.06 bits per heavy atom. The van der Waals surface area contributed by atoms with Gasteiger partial charge in [0.15, 0.2) is 0 Å². The Morgan fingerprint density at radius 2 is 1.87 bits per heavy atom. The molecule has 31 heavy (non-hydrogen) atoms. The van der Waals surface area contributed by atoms with Crippen molar-refractivity contribution in [3.8, 4) is 0 Å². The molecule has 3 aromatic rings. The molecular weight excluding hydrogens is 388 g/mol. The number of nitrogens with zero attached hydrogens (tertiary/aromatic N) is 6. The standard InChI is InChI=1S/C24H30N6O/c1-17(2)30-16-26-22-14-20(6-7-21(22)24(30)31)29-12-10-28(11-13-29)15-19-8-9-25-23(27-19)18-4-3-5-18/h6-9,14,16-18H,3-5,10-13,15H2,1-2H3. The molecule has 162 valence electrons. The van der Waals surface area contributed by atoms with Crippen molar-refractivity contribution in [1.82, 2.24) is 24.4 Å². The molecule has 1 aromatic carbocycles. The fourth-order valence-corrected chi connectivity index (χ4v) is 4.45. The lowest BCUT2D eigenvalue weighted by molar-refractivity contribution is 0.246. The van der Waals surface area contributed by atoms with Crippen molar-refractivity contribution in [3.63, 3.8) is 0 Å². The maximum Gasteiger partial charge on any atom is 0.261 e. The number of aromatic nitrogens is 4. The van der Waals surface area contributed by atoms with Crippen LogP contribution in [0.3, 0.4) is 0 Å². The van der Waals surface area contributed by atoms with Gasteiger partial charge in [-0.05, 0) is 51.0 Å². The third-order valence-electron chi connectivity index (χ3n) is 6.65. The molecule has 5 rings (SSSR count). The monoisotopic (exact) mass is 418 g/mol. The summed E-state index contributed by atoms with van der Waals surface area (Å²) in [5.74, 6) is 1.60. The van der Waals surface area contributed by atoms with Crippen LogP contribution < -0.4 is 10.5 Å². The van der Waals surface area contributed by atoms with E-state index in [0.29, 0.717) is 11.3 Å². The molecule has 2 fully saturated rings. The average Bonchev–Trinajstić information content (AvgIpc) is 2.73. The van der Waals surface area contributed by atoms with Crippen LogP contribution in [0.2, 0.25) is 0 Å². The summed E-state index contributed by atoms with van der Waals surface area (Å²) < 4.78 is 1.68. The molecule has 0 atom stereocenters. The predicted octanol–water partition coefficient (Wildman–Crippen LogP) is 3.36. The van der Waals surface area contributed by atoms with Crippen LogP contribution in [0.15, 0.2) is 41.6 Å². The molecule has 0 N–H and O–H groups in total. The zero-order valence-electron chi connectivity index (χ0n) is 18.4. The second-order valence-corrected chi connectivity index (χ2v) is 9.05. The van der Waals surface area contributed by atoms with Crippen LogP contribution >= 0.6 is 0 Å². The van der Waals surface area contributed by atoms with Crippen molar-refractivity contribution in [3.05, 3.63) is 58.7 Å². The second kappa shape index (κ2) is 8.38. The van der Waals surface area contributed by atoms with E-state index >= 15 is 0 Å². The van der Waals surface area contributed by atoms with Gasteiger partial charge in [-0.15, -0.1) is 0 Å². The minimum Gasteiger partial charge on any atom is -0.369 e. The predicted molar refractivity (Wildman–Crippen MR) is 123 cm³/mol. The quantitative estimate of drug-likeness (QED) is 0.633. The lowest BCUT2D eigenvalue weighted by Gasteiger charge is -2.36. The summed E-state index contributed by atoms with van der Waals surface area (Å²) in [5.41, 5.74) is 3.06. The zero-order valence-corrected chi connectivity index (χ0v) is 18.4. The van der Waals surface area contributed by atoms with Gasteiger partial charge in [0.2, 0.25) is 0 Å². The minimum absolute atomic E-state index is 0.0301. The molecule has 0 spiro atoms. The van der Waals surface area contributed by atoms with Gasteiger partial charge in [-0.1, -0.05) is 6.42 Å². The molecular formula is C24H30N6O. The summed E-state index contributed by atoms with van der Waals surface area (Å²) in [4.78, 5) is 31.3. The van der Waals surface area contributed by atoms with Crippen molar-refractivity contribution in [2.75, 3.05) is 31.1 Å². The summed E-state index contributed by atoms with van der Waals surface area (Å²) >= 11 is 0. The lowest BCUT2D eigenvalue weighted by Crippen LogP contribution is -2.46. The Labute approximate surface area is 182 Å². The van der Waals surface area contributed by atoms with Gasteiger partial charge in [-0.2, -0.15) is 0 Å². The minimum atomic E-state index is 0.0301. The highest BCUT2D eigenvalue weighted by atomic mass is 16.1. The first-order chi connectivity index (χ1) is 15.1. The normalized spacial score (nSPS) is 18.0. The smallest absolute Gasteiger partial charge is 0.261 e. The molecule has 3 heterocycles. The van der Waals surface area contributed by atoms with E-state index in [2.05, 4.69) is 25.8 Å². The van der Waals surface area contributed by atoms with Crippen molar-refractivity contribution >= 4 is 16.6 Å². The molecule has 0 bridgehead atoms. The fourth-order valence-electron chi connectivity index (χ4n) is 4.45. The second-order valence-electron chi connectivity index (χ2n) is 9.05. The summed E-state index contributed by atoms with van der Waals surface area (Å²) in [7, 11) is 0. The van der Waals surface area contributed by atoms with Crippen LogP contribution in [0, 0.1) is 0 Å². The van der Waals surface area contributed by atoms with E-state index in [0.717, 1.165) is 55.4 Å². The first-order valence-corrected chi connectivity index (χ1v) is 11.4. The Morgan fingerprint density at radius 3 is 2.58 bits per heavy atom. The molecule has 0 amide bonds. The van der Waals surface area contributed by atoms with Gasteiger partial charge in [0.25, 0.3) is 5.56 Å². The van der Waals surface area contributed by atoms with Gasteiger partial charge < -0.3 is 4.90 Å². The maximum absolute atomic E-state index is 12.7. The maximum atomic E-state index is 12.7. The van der Waals surface area contributed by atoms with E-state index in [1.165, 1.54) is 19.3 Å². The SMILES string of the molecule is CC(C)n1cnc2cc(N3CCN(Cc4ccnc(C5CCC5)n4)CC3)ccc2c1=O. The van der Waals surface area contributed by atoms with Crippen LogP contribution in [0.5, 0.6) is 0 Å². The molecule has 1 aliphatic carbocycles. The Hall–Kier alpha value is -2.80. The van der Waals surface area contributed by atoms with Gasteiger partial charge in [0.1, 0.15) is 5.82 Å². The van der Waals surface area contributed by atoms with Crippen molar-refractivity contribution in [2.24, 2.45) is 0 Å². The first-order valence-electron chi connectivity index (χ1n) is 11.4. The van der Waals surface area contributed by atoms with E-state index in [4.69, 9.17) is 4.98 Å². The van der Waals surface area contributed by atoms with E-state index in [-0.39, 0.29) is 11.6 Å². The number of fused-ring (bicyclic) bond motifs is 1.